The highest BCUT2D eigenvalue weighted by atomic mass is 32.1. The number of amides is 1. The summed E-state index contributed by atoms with van der Waals surface area (Å²) in [6.45, 7) is 4.03. The summed E-state index contributed by atoms with van der Waals surface area (Å²) < 4.78 is 6.30. The van der Waals surface area contributed by atoms with E-state index in [0.29, 0.717) is 28.7 Å². The Hall–Kier alpha value is -4.11. The van der Waals surface area contributed by atoms with Crippen LogP contribution in [0.25, 0.3) is 5.69 Å². The molecule has 8 nitrogen and oxygen atoms in total. The Labute approximate surface area is 206 Å². The van der Waals surface area contributed by atoms with E-state index < -0.39 is 11.9 Å². The van der Waals surface area contributed by atoms with Crippen LogP contribution in [0.1, 0.15) is 38.3 Å². The smallest absolute Gasteiger partial charge is 0.358 e. The lowest BCUT2D eigenvalue weighted by Crippen LogP contribution is -2.35. The van der Waals surface area contributed by atoms with Crippen molar-refractivity contribution in [2.45, 2.75) is 20.3 Å². The second-order valence-electron chi connectivity index (χ2n) is 7.62. The van der Waals surface area contributed by atoms with Gasteiger partial charge in [-0.2, -0.15) is 9.78 Å². The number of thiazole rings is 1. The SMILES string of the molecule is CCOC(=O)c1nc(N(CCc2ccccc2)C(=O)c2ccc(=O)n(-c3ccccc3)n2)sc1C. The largest absolute Gasteiger partial charge is 0.461 e. The number of nitrogens with zero attached hydrogens (tertiary/aromatic N) is 4. The van der Waals surface area contributed by atoms with E-state index >= 15 is 0 Å². The first-order chi connectivity index (χ1) is 17.0. The first-order valence-corrected chi connectivity index (χ1v) is 12.0. The van der Waals surface area contributed by atoms with Gasteiger partial charge in [-0.3, -0.25) is 14.5 Å². The molecule has 35 heavy (non-hydrogen) atoms. The van der Waals surface area contributed by atoms with Crippen LogP contribution in [-0.2, 0) is 11.2 Å². The lowest BCUT2D eigenvalue weighted by molar-refractivity contribution is 0.0519. The maximum Gasteiger partial charge on any atom is 0.358 e. The average molecular weight is 489 g/mol. The molecule has 0 radical (unpaired) electrons. The second-order valence-corrected chi connectivity index (χ2v) is 8.80. The molecule has 9 heteroatoms. The third kappa shape index (κ3) is 5.52. The molecule has 0 aliphatic carbocycles. The fourth-order valence-corrected chi connectivity index (χ4v) is 4.39. The lowest BCUT2D eigenvalue weighted by Gasteiger charge is -2.20. The van der Waals surface area contributed by atoms with Gasteiger partial charge in [-0.25, -0.2) is 9.78 Å². The summed E-state index contributed by atoms with van der Waals surface area (Å²) in [5.74, 6) is -0.950. The van der Waals surface area contributed by atoms with Crippen molar-refractivity contribution in [2.75, 3.05) is 18.1 Å². The number of esters is 1. The number of anilines is 1. The van der Waals surface area contributed by atoms with Crippen molar-refractivity contribution in [3.8, 4) is 5.69 Å². The first-order valence-electron chi connectivity index (χ1n) is 11.1. The molecule has 0 fully saturated rings. The minimum Gasteiger partial charge on any atom is -0.461 e. The molecule has 0 saturated carbocycles. The zero-order valence-electron chi connectivity index (χ0n) is 19.4. The molecule has 2 aromatic heterocycles. The number of benzene rings is 2. The molecule has 0 N–H and O–H groups in total. The molecule has 178 valence electrons. The molecule has 0 atom stereocenters. The van der Waals surface area contributed by atoms with Gasteiger partial charge in [0, 0.05) is 17.5 Å². The summed E-state index contributed by atoms with van der Waals surface area (Å²) in [5.41, 5.74) is 1.53. The number of aromatic nitrogens is 3. The van der Waals surface area contributed by atoms with Gasteiger partial charge in [-0.1, -0.05) is 48.5 Å². The van der Waals surface area contributed by atoms with Crippen LogP contribution in [0.3, 0.4) is 0 Å². The highest BCUT2D eigenvalue weighted by molar-refractivity contribution is 7.16. The minimum atomic E-state index is -0.529. The predicted molar refractivity (Wildman–Crippen MR) is 134 cm³/mol. The zero-order valence-corrected chi connectivity index (χ0v) is 20.2. The van der Waals surface area contributed by atoms with E-state index in [1.165, 1.54) is 33.1 Å². The highest BCUT2D eigenvalue weighted by Gasteiger charge is 2.26. The number of carbonyl (C=O) groups excluding carboxylic acids is 2. The molecule has 0 aliphatic rings. The van der Waals surface area contributed by atoms with Crippen molar-refractivity contribution < 1.29 is 14.3 Å². The molecular weight excluding hydrogens is 464 g/mol. The predicted octanol–water partition coefficient (Wildman–Crippen LogP) is 4.06. The van der Waals surface area contributed by atoms with Crippen molar-refractivity contribution >= 4 is 28.3 Å². The van der Waals surface area contributed by atoms with Gasteiger partial charge in [-0.15, -0.1) is 11.3 Å². The van der Waals surface area contributed by atoms with Gasteiger partial charge in [0.25, 0.3) is 11.5 Å². The molecule has 0 aliphatic heterocycles. The van der Waals surface area contributed by atoms with Crippen LogP contribution in [0.5, 0.6) is 0 Å². The molecule has 0 spiro atoms. The van der Waals surface area contributed by atoms with Crippen molar-refractivity contribution in [1.29, 1.82) is 0 Å². The molecule has 2 aromatic carbocycles. The number of carbonyl (C=O) groups is 2. The van der Waals surface area contributed by atoms with Crippen LogP contribution in [0.15, 0.2) is 77.6 Å². The molecule has 4 rings (SSSR count). The first kappa shape index (κ1) is 24.0. The summed E-state index contributed by atoms with van der Waals surface area (Å²) in [6, 6.07) is 21.4. The third-order valence-electron chi connectivity index (χ3n) is 5.22. The van der Waals surface area contributed by atoms with Crippen LogP contribution in [0.4, 0.5) is 5.13 Å². The number of hydrogen-bond acceptors (Lipinski definition) is 7. The van der Waals surface area contributed by atoms with Crippen molar-refractivity contribution in [3.63, 3.8) is 0 Å². The van der Waals surface area contributed by atoms with Crippen LogP contribution >= 0.6 is 11.3 Å². The van der Waals surface area contributed by atoms with Gasteiger partial charge in [0.05, 0.1) is 12.3 Å². The van der Waals surface area contributed by atoms with E-state index in [-0.39, 0.29) is 23.6 Å². The quantitative estimate of drug-likeness (QED) is 0.347. The number of rotatable bonds is 8. The maximum atomic E-state index is 13.7. The fraction of sp³-hybridized carbons (Fsp3) is 0.192. The Bertz CT molecular complexity index is 1380. The van der Waals surface area contributed by atoms with Gasteiger partial charge in [0.1, 0.15) is 5.69 Å². The number of hydrogen-bond donors (Lipinski definition) is 0. The molecule has 0 bridgehead atoms. The van der Waals surface area contributed by atoms with Gasteiger partial charge in [0.15, 0.2) is 10.8 Å². The van der Waals surface area contributed by atoms with Crippen LogP contribution in [-0.4, -0.2) is 39.8 Å². The van der Waals surface area contributed by atoms with E-state index in [2.05, 4.69) is 10.1 Å². The van der Waals surface area contributed by atoms with Gasteiger partial charge >= 0.3 is 5.97 Å². The highest BCUT2D eigenvalue weighted by Crippen LogP contribution is 2.28. The van der Waals surface area contributed by atoms with Gasteiger partial charge in [-0.05, 0) is 44.0 Å². The minimum absolute atomic E-state index is 0.0899. The number of ether oxygens (including phenoxy) is 1. The Balaban J connectivity index is 1.71. The molecule has 1 amide bonds. The Morgan fingerprint density at radius 1 is 1.00 bits per heavy atom. The topological polar surface area (TPSA) is 94.4 Å². The van der Waals surface area contributed by atoms with E-state index in [0.717, 1.165) is 5.56 Å². The van der Waals surface area contributed by atoms with Gasteiger partial charge < -0.3 is 4.74 Å². The normalized spacial score (nSPS) is 10.7. The summed E-state index contributed by atoms with van der Waals surface area (Å²) in [7, 11) is 0. The molecular formula is C26H24N4O4S. The third-order valence-corrected chi connectivity index (χ3v) is 6.21. The number of para-hydroxylation sites is 1. The zero-order chi connectivity index (χ0) is 24.8. The second kappa shape index (κ2) is 10.9. The van der Waals surface area contributed by atoms with E-state index in [9.17, 15) is 14.4 Å². The van der Waals surface area contributed by atoms with Crippen LogP contribution in [0, 0.1) is 6.92 Å². The molecule has 0 unspecified atom stereocenters. The fourth-order valence-electron chi connectivity index (χ4n) is 3.47. The average Bonchev–Trinajstić information content (AvgIpc) is 3.27. The van der Waals surface area contributed by atoms with Gasteiger partial charge in [0.2, 0.25) is 0 Å². The Morgan fingerprint density at radius 3 is 2.37 bits per heavy atom. The summed E-state index contributed by atoms with van der Waals surface area (Å²) in [6.07, 6.45) is 0.568. The van der Waals surface area contributed by atoms with E-state index in [1.807, 2.05) is 36.4 Å². The summed E-state index contributed by atoms with van der Waals surface area (Å²) in [4.78, 5) is 45.0. The molecule has 2 heterocycles. The summed E-state index contributed by atoms with van der Waals surface area (Å²) in [5, 5.41) is 4.70. The standard InChI is InChI=1S/C26H24N4O4S/c1-3-34-25(33)23-18(2)35-26(27-23)29(17-16-19-10-6-4-7-11-19)24(32)21-14-15-22(31)30(28-21)20-12-8-5-9-13-20/h4-15H,3,16-17H2,1-2H3. The monoisotopic (exact) mass is 488 g/mol. The van der Waals surface area contributed by atoms with E-state index in [4.69, 9.17) is 4.74 Å². The number of aryl methyl sites for hydroxylation is 1. The Kier molecular flexibility index (Phi) is 7.47. The van der Waals surface area contributed by atoms with Crippen molar-refractivity contribution in [3.05, 3.63) is 105 Å². The van der Waals surface area contributed by atoms with Crippen molar-refractivity contribution in [2.24, 2.45) is 0 Å². The molecule has 4 aromatic rings. The van der Waals surface area contributed by atoms with Crippen molar-refractivity contribution in [1.82, 2.24) is 14.8 Å². The van der Waals surface area contributed by atoms with Crippen LogP contribution in [0.2, 0.25) is 0 Å². The van der Waals surface area contributed by atoms with Crippen LogP contribution < -0.4 is 10.5 Å². The molecule has 0 saturated heterocycles. The van der Waals surface area contributed by atoms with E-state index in [1.54, 1.807) is 38.1 Å². The lowest BCUT2D eigenvalue weighted by atomic mass is 10.1. The summed E-state index contributed by atoms with van der Waals surface area (Å²) >= 11 is 1.24. The Morgan fingerprint density at radius 2 is 1.69 bits per heavy atom. The maximum absolute atomic E-state index is 13.7.